The molecule has 37 heavy (non-hydrogen) atoms. The monoisotopic (exact) mass is 550 g/mol. The maximum Gasteiger partial charge on any atom is 0.459 e. The highest BCUT2D eigenvalue weighted by Crippen LogP contribution is 2.46. The van der Waals surface area contributed by atoms with Gasteiger partial charge in [0.1, 0.15) is 16.3 Å². The van der Waals surface area contributed by atoms with E-state index in [9.17, 15) is 35.8 Å². The second-order valence-corrected chi connectivity index (χ2v) is 9.59. The fourth-order valence-electron chi connectivity index (χ4n) is 3.80. The number of pyridine rings is 1. The molecular formula is C22H21F7N6OS. The Labute approximate surface area is 209 Å². The number of rotatable bonds is 8. The minimum absolute atomic E-state index is 0.0935. The molecule has 1 aliphatic carbocycles. The lowest BCUT2D eigenvalue weighted by molar-refractivity contribution is -0.350. The largest absolute Gasteiger partial charge is 0.459 e. The third kappa shape index (κ3) is 5.19. The number of nitrogens with one attached hydrogen (secondary N) is 2. The molecule has 0 amide bonds. The molecule has 7 nitrogen and oxygen atoms in total. The zero-order chi connectivity index (χ0) is 27.2. The van der Waals surface area contributed by atoms with Gasteiger partial charge in [0, 0.05) is 24.8 Å². The van der Waals surface area contributed by atoms with Crippen LogP contribution in [0, 0.1) is 19.8 Å². The minimum Gasteiger partial charge on any atom is -0.396 e. The predicted molar refractivity (Wildman–Crippen MR) is 124 cm³/mol. The van der Waals surface area contributed by atoms with Crippen molar-refractivity contribution in [1.29, 1.82) is 0 Å². The molecule has 0 radical (unpaired) electrons. The van der Waals surface area contributed by atoms with Crippen molar-refractivity contribution in [3.63, 3.8) is 0 Å². The molecule has 0 aromatic carbocycles. The van der Waals surface area contributed by atoms with Crippen molar-refractivity contribution in [2.45, 2.75) is 44.3 Å². The number of aliphatic hydroxyl groups is 1. The number of fused-ring (bicyclic) bond motifs is 1. The fourth-order valence-corrected chi connectivity index (χ4v) is 4.91. The highest BCUT2D eigenvalue weighted by atomic mass is 32.1. The molecular weight excluding hydrogens is 529 g/mol. The molecule has 0 saturated heterocycles. The normalized spacial score (nSPS) is 18.5. The molecule has 2 atom stereocenters. The number of hydrogen-bond donors (Lipinski definition) is 3. The van der Waals surface area contributed by atoms with Crippen LogP contribution in [0.5, 0.6) is 0 Å². The van der Waals surface area contributed by atoms with Crippen molar-refractivity contribution in [2.75, 3.05) is 23.8 Å². The number of aryl methyl sites for hydroxylation is 2. The highest BCUT2D eigenvalue weighted by Gasteiger charge is 2.72. The summed E-state index contributed by atoms with van der Waals surface area (Å²) in [6.45, 7) is 1.13. The third-order valence-corrected chi connectivity index (χ3v) is 6.84. The van der Waals surface area contributed by atoms with Crippen LogP contribution in [0.1, 0.15) is 17.8 Å². The molecule has 1 aliphatic rings. The summed E-state index contributed by atoms with van der Waals surface area (Å²) < 4.78 is 92.6. The van der Waals surface area contributed by atoms with E-state index >= 15 is 0 Å². The van der Waals surface area contributed by atoms with E-state index in [1.807, 2.05) is 5.32 Å². The third-order valence-electron chi connectivity index (χ3n) is 5.81. The average Bonchev–Trinajstić information content (AvgIpc) is 3.44. The first kappa shape index (κ1) is 27.0. The number of nitrogens with zero attached hydrogens (tertiary/aromatic N) is 4. The van der Waals surface area contributed by atoms with Gasteiger partial charge in [-0.25, -0.2) is 9.97 Å². The summed E-state index contributed by atoms with van der Waals surface area (Å²) in [4.78, 5) is 17.0. The Morgan fingerprint density at radius 1 is 1.03 bits per heavy atom. The quantitative estimate of drug-likeness (QED) is 0.257. The van der Waals surface area contributed by atoms with Gasteiger partial charge in [0.25, 0.3) is 0 Å². The van der Waals surface area contributed by atoms with E-state index in [1.54, 1.807) is 31.3 Å². The SMILES string of the molecule is Cc1nc(NCC(F)(F)C(F)(F)C(F)(F)F)nc(NC2C=CC(CO)C2)c1-c1nc2c(C)nccc2s1. The molecule has 3 aromatic heterocycles. The van der Waals surface area contributed by atoms with Crippen molar-refractivity contribution in [2.24, 2.45) is 5.92 Å². The average molecular weight is 551 g/mol. The molecule has 0 aliphatic heterocycles. The van der Waals surface area contributed by atoms with Crippen LogP contribution in [0.2, 0.25) is 0 Å². The van der Waals surface area contributed by atoms with Crippen molar-refractivity contribution in [1.82, 2.24) is 19.9 Å². The van der Waals surface area contributed by atoms with E-state index < -0.39 is 30.5 Å². The van der Waals surface area contributed by atoms with Crippen molar-refractivity contribution in [3.8, 4) is 10.6 Å². The van der Waals surface area contributed by atoms with E-state index in [-0.39, 0.29) is 30.1 Å². The van der Waals surface area contributed by atoms with Gasteiger partial charge in [-0.15, -0.1) is 11.3 Å². The topological polar surface area (TPSA) is 95.9 Å². The Hall–Kier alpha value is -3.07. The summed E-state index contributed by atoms with van der Waals surface area (Å²) in [5.41, 5.74) is 1.92. The molecule has 0 fully saturated rings. The molecule has 3 aromatic rings. The Morgan fingerprint density at radius 3 is 2.38 bits per heavy atom. The Morgan fingerprint density at radius 2 is 1.76 bits per heavy atom. The lowest BCUT2D eigenvalue weighted by atomic mass is 10.1. The van der Waals surface area contributed by atoms with Gasteiger partial charge < -0.3 is 15.7 Å². The molecule has 3 N–H and O–H groups in total. The number of thiazole rings is 1. The summed E-state index contributed by atoms with van der Waals surface area (Å²) in [6, 6.07) is 1.43. The number of aliphatic hydroxyl groups excluding tert-OH is 1. The van der Waals surface area contributed by atoms with Gasteiger partial charge in [0.15, 0.2) is 0 Å². The van der Waals surface area contributed by atoms with Crippen molar-refractivity contribution >= 4 is 33.3 Å². The van der Waals surface area contributed by atoms with Crippen molar-refractivity contribution < 1.29 is 35.8 Å². The lowest BCUT2D eigenvalue weighted by Gasteiger charge is -2.28. The Bertz CT molecular complexity index is 1330. The summed E-state index contributed by atoms with van der Waals surface area (Å²) >= 11 is 1.29. The van der Waals surface area contributed by atoms with Gasteiger partial charge in [-0.2, -0.15) is 35.7 Å². The zero-order valence-electron chi connectivity index (χ0n) is 19.4. The first-order valence-corrected chi connectivity index (χ1v) is 11.8. The smallest absolute Gasteiger partial charge is 0.396 e. The number of hydrogen-bond acceptors (Lipinski definition) is 8. The number of aromatic nitrogens is 4. The Balaban J connectivity index is 1.70. The molecule has 0 spiro atoms. The Kier molecular flexibility index (Phi) is 7.05. The molecule has 0 saturated carbocycles. The van der Waals surface area contributed by atoms with E-state index in [0.29, 0.717) is 28.2 Å². The maximum atomic E-state index is 13.8. The van der Waals surface area contributed by atoms with Gasteiger partial charge in [0.2, 0.25) is 5.95 Å². The molecule has 200 valence electrons. The van der Waals surface area contributed by atoms with Crippen LogP contribution in [0.15, 0.2) is 24.4 Å². The lowest BCUT2D eigenvalue weighted by Crippen LogP contribution is -2.55. The number of anilines is 2. The summed E-state index contributed by atoms with van der Waals surface area (Å²) in [7, 11) is 0. The van der Waals surface area contributed by atoms with Gasteiger partial charge in [0.05, 0.1) is 28.2 Å². The van der Waals surface area contributed by atoms with Crippen LogP contribution in [-0.4, -0.2) is 62.3 Å². The maximum absolute atomic E-state index is 13.8. The van der Waals surface area contributed by atoms with Crippen LogP contribution in [0.25, 0.3) is 20.8 Å². The summed E-state index contributed by atoms with van der Waals surface area (Å²) in [5, 5.41) is 14.8. The van der Waals surface area contributed by atoms with E-state index in [4.69, 9.17) is 0 Å². The van der Waals surface area contributed by atoms with Gasteiger partial charge in [-0.3, -0.25) is 4.98 Å². The second kappa shape index (κ2) is 9.67. The van der Waals surface area contributed by atoms with Crippen LogP contribution in [0.3, 0.4) is 0 Å². The van der Waals surface area contributed by atoms with Crippen molar-refractivity contribution in [3.05, 3.63) is 35.8 Å². The van der Waals surface area contributed by atoms with Crippen LogP contribution >= 0.6 is 11.3 Å². The van der Waals surface area contributed by atoms with E-state index in [0.717, 1.165) is 4.70 Å². The first-order valence-electron chi connectivity index (χ1n) is 11.0. The van der Waals surface area contributed by atoms with Crippen LogP contribution in [0.4, 0.5) is 42.5 Å². The molecule has 2 unspecified atom stereocenters. The fraction of sp³-hybridized carbons (Fsp3) is 0.455. The highest BCUT2D eigenvalue weighted by molar-refractivity contribution is 7.21. The van der Waals surface area contributed by atoms with Gasteiger partial charge in [-0.1, -0.05) is 12.2 Å². The minimum atomic E-state index is -6.44. The second-order valence-electron chi connectivity index (χ2n) is 8.56. The van der Waals surface area contributed by atoms with Gasteiger partial charge in [-0.05, 0) is 26.3 Å². The molecule has 0 bridgehead atoms. The van der Waals surface area contributed by atoms with Gasteiger partial charge >= 0.3 is 18.0 Å². The number of halogens is 7. The van der Waals surface area contributed by atoms with E-state index in [1.165, 1.54) is 18.3 Å². The number of alkyl halides is 7. The first-order chi connectivity index (χ1) is 17.2. The van der Waals surface area contributed by atoms with Crippen LogP contribution < -0.4 is 10.6 Å². The molecule has 3 heterocycles. The summed E-state index contributed by atoms with van der Waals surface area (Å²) in [6.07, 6.45) is -0.773. The van der Waals surface area contributed by atoms with Crippen LogP contribution in [-0.2, 0) is 0 Å². The van der Waals surface area contributed by atoms with E-state index in [2.05, 4.69) is 25.3 Å². The summed E-state index contributed by atoms with van der Waals surface area (Å²) in [5.74, 6) is -12.3. The molecule has 15 heteroatoms. The standard InChI is InChI=1S/C22H21F7N6OS/c1-10-15(18-34-16-11(2)30-6-5-14(16)37-18)17(33-13-4-3-12(7-13)8-36)35-19(32-10)31-9-20(23,24)21(25,26)22(27,28)29/h3-6,12-13,36H,7-9H2,1-2H3,(H2,31,32,33,35). The zero-order valence-corrected chi connectivity index (χ0v) is 20.2. The molecule has 4 rings (SSSR count). The predicted octanol–water partition coefficient (Wildman–Crippen LogP) is 5.36.